The van der Waals surface area contributed by atoms with Gasteiger partial charge in [-0.3, -0.25) is 9.59 Å². The third-order valence-corrected chi connectivity index (χ3v) is 6.88. The maximum Gasteiger partial charge on any atom is 0.251 e. The van der Waals surface area contributed by atoms with Crippen molar-refractivity contribution in [3.63, 3.8) is 0 Å². The number of hydrogen-bond donors (Lipinski definition) is 3. The van der Waals surface area contributed by atoms with Gasteiger partial charge in [0.15, 0.2) is 0 Å². The first-order valence-electron chi connectivity index (χ1n) is 13.0. The summed E-state index contributed by atoms with van der Waals surface area (Å²) in [6, 6.07) is 17.2. The highest BCUT2D eigenvalue weighted by Gasteiger charge is 2.40. The summed E-state index contributed by atoms with van der Waals surface area (Å²) >= 11 is 0. The molecule has 40 heavy (non-hydrogen) atoms. The van der Waals surface area contributed by atoms with Crippen molar-refractivity contribution in [1.82, 2.24) is 20.6 Å². The average molecular weight is 540 g/mol. The van der Waals surface area contributed by atoms with Gasteiger partial charge in [0.25, 0.3) is 5.91 Å². The van der Waals surface area contributed by atoms with Gasteiger partial charge in [-0.2, -0.15) is 0 Å². The van der Waals surface area contributed by atoms with E-state index < -0.39 is 12.0 Å². The number of nitrogens with two attached hydrogens (primary N) is 1. The predicted octanol–water partition coefficient (Wildman–Crippen LogP) is 4.88. The topological polar surface area (TPSA) is 119 Å². The highest BCUT2D eigenvalue weighted by molar-refractivity contribution is 6.02. The van der Waals surface area contributed by atoms with Gasteiger partial charge in [0.2, 0.25) is 11.9 Å². The van der Waals surface area contributed by atoms with E-state index in [0.29, 0.717) is 40.1 Å². The molecule has 5 rings (SSSR count). The largest absolute Gasteiger partial charge is 0.484 e. The number of aromatic nitrogens is 2. The predicted molar refractivity (Wildman–Crippen MR) is 151 cm³/mol. The lowest BCUT2D eigenvalue weighted by Crippen LogP contribution is -2.28. The van der Waals surface area contributed by atoms with Gasteiger partial charge in [0.1, 0.15) is 23.6 Å². The molecule has 4 aromatic rings. The number of carbonyl (C=O) groups excluding carboxylic acids is 2. The Hall–Kier alpha value is -4.79. The van der Waals surface area contributed by atoms with Gasteiger partial charge in [-0.15, -0.1) is 0 Å². The van der Waals surface area contributed by atoms with Crippen molar-refractivity contribution in [2.75, 3.05) is 19.3 Å². The van der Waals surface area contributed by atoms with E-state index in [1.165, 1.54) is 12.1 Å². The average Bonchev–Trinajstić information content (AvgIpc) is 3.35. The third-order valence-electron chi connectivity index (χ3n) is 6.88. The summed E-state index contributed by atoms with van der Waals surface area (Å²) in [7, 11) is 1.58. The van der Waals surface area contributed by atoms with E-state index >= 15 is 0 Å². The smallest absolute Gasteiger partial charge is 0.251 e. The summed E-state index contributed by atoms with van der Waals surface area (Å²) in [5.74, 6) is -0.411. The van der Waals surface area contributed by atoms with Crippen LogP contribution in [0.4, 0.5) is 10.3 Å². The van der Waals surface area contributed by atoms with Crippen LogP contribution in [0, 0.1) is 11.7 Å². The van der Waals surface area contributed by atoms with E-state index in [4.69, 9.17) is 10.5 Å². The second kappa shape index (κ2) is 11.1. The second-order valence-electron chi connectivity index (χ2n) is 10.1. The molecule has 4 N–H and O–H groups in total. The molecule has 2 amide bonds. The molecule has 0 spiro atoms. The number of nitrogen functional groups attached to an aromatic ring is 1. The fourth-order valence-corrected chi connectivity index (χ4v) is 4.83. The number of ether oxygens (including phenoxy) is 1. The molecule has 204 valence electrons. The quantitative estimate of drug-likeness (QED) is 0.308. The number of nitrogens with zero attached hydrogens (tertiary/aromatic N) is 2. The molecule has 2 unspecified atom stereocenters. The standard InChI is InChI=1S/C31H30FN5O3/c1-17(2)14-35-29(38)24-12-19(6-10-23(24)21-15-36-31(33)37-16-21)20-7-11-26-25(13-20)27(30(39)34-3)28(40-26)18-4-8-22(32)9-5-18/h4-13,15-17,27-28H,14H2,1-3H3,(H,34,39)(H,35,38)(H2,33,36,37). The molecule has 1 aliphatic heterocycles. The summed E-state index contributed by atoms with van der Waals surface area (Å²) in [4.78, 5) is 34.5. The Morgan fingerprint density at radius 2 is 1.65 bits per heavy atom. The van der Waals surface area contributed by atoms with Crippen molar-refractivity contribution in [3.05, 3.63) is 95.6 Å². The van der Waals surface area contributed by atoms with Gasteiger partial charge < -0.3 is 21.1 Å². The first-order valence-corrected chi connectivity index (χ1v) is 13.0. The molecular formula is C31H30FN5O3. The number of nitrogens with one attached hydrogen (secondary N) is 2. The van der Waals surface area contributed by atoms with Crippen LogP contribution in [-0.2, 0) is 4.79 Å². The van der Waals surface area contributed by atoms with Crippen molar-refractivity contribution in [3.8, 4) is 28.0 Å². The molecule has 0 saturated carbocycles. The second-order valence-corrected chi connectivity index (χ2v) is 10.1. The van der Waals surface area contributed by atoms with Gasteiger partial charge in [-0.05, 0) is 58.5 Å². The lowest BCUT2D eigenvalue weighted by atomic mass is 9.88. The molecule has 3 aromatic carbocycles. The van der Waals surface area contributed by atoms with Crippen molar-refractivity contribution in [2.24, 2.45) is 5.92 Å². The van der Waals surface area contributed by atoms with E-state index in [1.54, 1.807) is 31.6 Å². The highest BCUT2D eigenvalue weighted by Crippen LogP contribution is 2.47. The van der Waals surface area contributed by atoms with Crippen LogP contribution in [0.2, 0.25) is 0 Å². The SMILES string of the molecule is CNC(=O)C1c2cc(-c3ccc(-c4cnc(N)nc4)c(C(=O)NCC(C)C)c3)ccc2OC1c1ccc(F)cc1. The van der Waals surface area contributed by atoms with E-state index in [-0.39, 0.29) is 29.5 Å². The number of fused-ring (bicyclic) bond motifs is 1. The lowest BCUT2D eigenvalue weighted by Gasteiger charge is -2.18. The van der Waals surface area contributed by atoms with Gasteiger partial charge in [0, 0.05) is 42.7 Å². The molecule has 2 heterocycles. The highest BCUT2D eigenvalue weighted by atomic mass is 19.1. The number of rotatable bonds is 7. The Morgan fingerprint density at radius 3 is 2.33 bits per heavy atom. The van der Waals surface area contributed by atoms with Crippen LogP contribution in [0.15, 0.2) is 73.1 Å². The minimum atomic E-state index is -0.634. The molecule has 8 nitrogen and oxygen atoms in total. The summed E-state index contributed by atoms with van der Waals surface area (Å²) in [5.41, 5.74) is 10.5. The maximum absolute atomic E-state index is 13.6. The summed E-state index contributed by atoms with van der Waals surface area (Å²) in [5, 5.41) is 5.72. The van der Waals surface area contributed by atoms with Gasteiger partial charge >= 0.3 is 0 Å². The fourth-order valence-electron chi connectivity index (χ4n) is 4.83. The van der Waals surface area contributed by atoms with Crippen LogP contribution in [0.25, 0.3) is 22.3 Å². The Kier molecular flexibility index (Phi) is 7.46. The molecule has 0 saturated heterocycles. The maximum atomic E-state index is 13.6. The first-order chi connectivity index (χ1) is 19.2. The molecule has 0 bridgehead atoms. The van der Waals surface area contributed by atoms with Gasteiger partial charge in [0.05, 0.1) is 0 Å². The van der Waals surface area contributed by atoms with Crippen LogP contribution < -0.4 is 21.1 Å². The zero-order valence-corrected chi connectivity index (χ0v) is 22.4. The number of carbonyl (C=O) groups is 2. The van der Waals surface area contributed by atoms with Crippen molar-refractivity contribution in [1.29, 1.82) is 0 Å². The summed E-state index contributed by atoms with van der Waals surface area (Å²) in [6.45, 7) is 4.58. The fraction of sp³-hybridized carbons (Fsp3) is 0.226. The van der Waals surface area contributed by atoms with Crippen molar-refractivity contribution >= 4 is 17.8 Å². The number of hydrogen-bond acceptors (Lipinski definition) is 6. The molecule has 0 fully saturated rings. The minimum absolute atomic E-state index is 0.149. The summed E-state index contributed by atoms with van der Waals surface area (Å²) in [6.07, 6.45) is 2.58. The van der Waals surface area contributed by atoms with Crippen LogP contribution in [0.5, 0.6) is 5.75 Å². The molecular weight excluding hydrogens is 509 g/mol. The lowest BCUT2D eigenvalue weighted by molar-refractivity contribution is -0.123. The van der Waals surface area contributed by atoms with E-state index in [2.05, 4.69) is 20.6 Å². The summed E-state index contributed by atoms with van der Waals surface area (Å²) < 4.78 is 19.8. The molecule has 1 aromatic heterocycles. The Labute approximate surface area is 231 Å². The third kappa shape index (κ3) is 5.36. The van der Waals surface area contributed by atoms with Crippen LogP contribution >= 0.6 is 0 Å². The molecule has 0 aliphatic carbocycles. The number of likely N-dealkylation sites (N-methyl/N-ethyl adjacent to an activating group) is 1. The van der Waals surface area contributed by atoms with Crippen molar-refractivity contribution in [2.45, 2.75) is 25.9 Å². The van der Waals surface area contributed by atoms with Gasteiger partial charge in [-0.1, -0.05) is 44.2 Å². The van der Waals surface area contributed by atoms with Gasteiger partial charge in [-0.25, -0.2) is 14.4 Å². The van der Waals surface area contributed by atoms with E-state index in [9.17, 15) is 14.0 Å². The van der Waals surface area contributed by atoms with Crippen molar-refractivity contribution < 1.29 is 18.7 Å². The number of amides is 2. The Balaban J connectivity index is 1.56. The molecule has 0 radical (unpaired) electrons. The molecule has 9 heteroatoms. The number of benzene rings is 3. The zero-order valence-electron chi connectivity index (χ0n) is 22.4. The van der Waals surface area contributed by atoms with Crippen LogP contribution in [-0.4, -0.2) is 35.4 Å². The number of halogens is 1. The number of anilines is 1. The monoisotopic (exact) mass is 539 g/mol. The Morgan fingerprint density at radius 1 is 0.975 bits per heavy atom. The van der Waals surface area contributed by atoms with Crippen LogP contribution in [0.1, 0.15) is 47.4 Å². The minimum Gasteiger partial charge on any atom is -0.484 e. The zero-order chi connectivity index (χ0) is 28.4. The van der Waals surface area contributed by atoms with E-state index in [0.717, 1.165) is 11.1 Å². The van der Waals surface area contributed by atoms with E-state index in [1.807, 2.05) is 50.2 Å². The Bertz CT molecular complexity index is 1550. The molecule has 1 aliphatic rings. The first kappa shape index (κ1) is 26.8. The normalized spacial score (nSPS) is 15.8. The molecule has 2 atom stereocenters. The van der Waals surface area contributed by atoms with Crippen LogP contribution in [0.3, 0.4) is 0 Å².